The summed E-state index contributed by atoms with van der Waals surface area (Å²) < 4.78 is 41.6. The fourth-order valence-corrected chi connectivity index (χ4v) is 3.84. The summed E-state index contributed by atoms with van der Waals surface area (Å²) in [6, 6.07) is 3.17. The molecule has 7 nitrogen and oxygen atoms in total. The minimum absolute atomic E-state index is 0.0703. The number of nitrogens with one attached hydrogen (secondary N) is 1. The summed E-state index contributed by atoms with van der Waals surface area (Å²) in [5, 5.41) is 11.8. The largest absolute Gasteiger partial charge is 0.416 e. The van der Waals surface area contributed by atoms with Gasteiger partial charge >= 0.3 is 6.18 Å². The first-order valence-electron chi connectivity index (χ1n) is 9.74. The number of aromatic nitrogens is 4. The van der Waals surface area contributed by atoms with Gasteiger partial charge in [-0.15, -0.1) is 10.2 Å². The number of nitrogens with zero attached hydrogens (tertiary/aromatic N) is 5. The molecule has 0 bridgehead atoms. The summed E-state index contributed by atoms with van der Waals surface area (Å²) in [4.78, 5) is 6.79. The van der Waals surface area contributed by atoms with Gasteiger partial charge in [-0.05, 0) is 37.7 Å². The lowest BCUT2D eigenvalue weighted by molar-refractivity contribution is -0.137. The third kappa shape index (κ3) is 3.55. The van der Waals surface area contributed by atoms with Crippen molar-refractivity contribution >= 4 is 17.3 Å². The second-order valence-corrected chi connectivity index (χ2v) is 8.16. The van der Waals surface area contributed by atoms with Crippen molar-refractivity contribution in [1.29, 1.82) is 0 Å². The van der Waals surface area contributed by atoms with Gasteiger partial charge in [0.2, 0.25) is 0 Å². The van der Waals surface area contributed by atoms with Crippen molar-refractivity contribution in [2.24, 2.45) is 0 Å². The molecule has 4 rings (SSSR count). The molecule has 1 aromatic carbocycles. The Balaban J connectivity index is 1.75. The van der Waals surface area contributed by atoms with E-state index in [1.807, 2.05) is 25.3 Å². The second kappa shape index (κ2) is 7.12. The molecular formula is C20H24F3N7. The van der Waals surface area contributed by atoms with E-state index in [1.54, 1.807) is 13.0 Å². The predicted molar refractivity (Wildman–Crippen MR) is 108 cm³/mol. The highest BCUT2D eigenvalue weighted by molar-refractivity contribution is 5.56. The maximum Gasteiger partial charge on any atom is 0.416 e. The number of hydrogen-bond acceptors (Lipinski definition) is 6. The smallest absolute Gasteiger partial charge is 0.399 e. The van der Waals surface area contributed by atoms with Crippen molar-refractivity contribution < 1.29 is 13.2 Å². The zero-order valence-corrected chi connectivity index (χ0v) is 17.2. The number of nitrogen functional groups attached to an aromatic ring is 1. The minimum Gasteiger partial charge on any atom is -0.399 e. The maximum atomic E-state index is 13.2. The first-order chi connectivity index (χ1) is 14.0. The molecule has 3 N–H and O–H groups in total. The van der Waals surface area contributed by atoms with Crippen LogP contribution >= 0.6 is 0 Å². The fourth-order valence-electron chi connectivity index (χ4n) is 3.84. The van der Waals surface area contributed by atoms with Gasteiger partial charge in [0, 0.05) is 36.0 Å². The van der Waals surface area contributed by atoms with Crippen LogP contribution in [0.1, 0.15) is 60.9 Å². The maximum absolute atomic E-state index is 13.2. The van der Waals surface area contributed by atoms with Crippen molar-refractivity contribution in [3.8, 4) is 0 Å². The second-order valence-electron chi connectivity index (χ2n) is 8.16. The predicted octanol–water partition coefficient (Wildman–Crippen LogP) is 3.97. The molecule has 0 spiro atoms. The molecule has 1 aliphatic rings. The number of rotatable bonds is 4. The Morgan fingerprint density at radius 2 is 1.83 bits per heavy atom. The zero-order valence-electron chi connectivity index (χ0n) is 17.2. The molecule has 0 saturated heterocycles. The van der Waals surface area contributed by atoms with Crippen LogP contribution in [-0.4, -0.2) is 31.5 Å². The first kappa shape index (κ1) is 20.4. The number of halogens is 3. The van der Waals surface area contributed by atoms with Gasteiger partial charge < -0.3 is 11.1 Å². The molecule has 1 aliphatic heterocycles. The van der Waals surface area contributed by atoms with E-state index in [2.05, 4.69) is 25.4 Å². The lowest BCUT2D eigenvalue weighted by atomic mass is 10.0. The number of anilines is 2. The van der Waals surface area contributed by atoms with Gasteiger partial charge in [0.05, 0.1) is 11.6 Å². The number of benzene rings is 1. The van der Waals surface area contributed by atoms with Crippen LogP contribution in [0.4, 0.5) is 24.7 Å². The van der Waals surface area contributed by atoms with E-state index in [-0.39, 0.29) is 11.6 Å². The van der Waals surface area contributed by atoms with Crippen molar-refractivity contribution in [3.63, 3.8) is 0 Å². The van der Waals surface area contributed by atoms with Gasteiger partial charge in [-0.25, -0.2) is 0 Å². The highest BCUT2D eigenvalue weighted by Gasteiger charge is 2.32. The van der Waals surface area contributed by atoms with Crippen molar-refractivity contribution in [3.05, 3.63) is 46.4 Å². The molecule has 0 fully saturated rings. The number of alkyl halides is 3. The van der Waals surface area contributed by atoms with Crippen molar-refractivity contribution in [2.75, 3.05) is 18.1 Å². The number of nitrogens with two attached hydrogens (primary N) is 1. The van der Waals surface area contributed by atoms with Gasteiger partial charge in [0.15, 0.2) is 0 Å². The summed E-state index contributed by atoms with van der Waals surface area (Å²) in [7, 11) is 2.01. The Kier molecular flexibility index (Phi) is 4.84. The average molecular weight is 419 g/mol. The van der Waals surface area contributed by atoms with Crippen LogP contribution in [0.5, 0.6) is 0 Å². The van der Waals surface area contributed by atoms with Crippen LogP contribution in [0.15, 0.2) is 18.2 Å². The molecule has 3 aromatic rings. The van der Waals surface area contributed by atoms with Crippen molar-refractivity contribution in [2.45, 2.75) is 52.0 Å². The summed E-state index contributed by atoms with van der Waals surface area (Å²) in [6.45, 7) is 7.27. The van der Waals surface area contributed by atoms with E-state index in [1.165, 1.54) is 0 Å². The van der Waals surface area contributed by atoms with Gasteiger partial charge in [0.25, 0.3) is 5.78 Å². The van der Waals surface area contributed by atoms with E-state index < -0.39 is 17.8 Å². The molecule has 0 unspecified atom stereocenters. The normalized spacial score (nSPS) is 15.7. The van der Waals surface area contributed by atoms with E-state index in [9.17, 15) is 13.2 Å². The summed E-state index contributed by atoms with van der Waals surface area (Å²) in [5.74, 6) is 2.11. The molecule has 0 amide bonds. The number of fused-ring (bicyclic) bond motifs is 3. The first-order valence-corrected chi connectivity index (χ1v) is 9.74. The molecule has 0 radical (unpaired) electrons. The van der Waals surface area contributed by atoms with Crippen LogP contribution < -0.4 is 11.1 Å². The van der Waals surface area contributed by atoms with Crippen molar-refractivity contribution in [1.82, 2.24) is 24.5 Å². The van der Waals surface area contributed by atoms with E-state index in [0.29, 0.717) is 30.2 Å². The Hall–Kier alpha value is -2.88. The van der Waals surface area contributed by atoms with Gasteiger partial charge in [-0.1, -0.05) is 13.8 Å². The van der Waals surface area contributed by atoms with E-state index in [0.717, 1.165) is 29.2 Å². The van der Waals surface area contributed by atoms with Crippen LogP contribution in [0, 0.1) is 0 Å². The molecule has 3 heterocycles. The molecule has 160 valence electrons. The lowest BCUT2D eigenvalue weighted by Gasteiger charge is -2.20. The van der Waals surface area contributed by atoms with Gasteiger partial charge in [-0.3, -0.25) is 9.30 Å². The molecule has 10 heteroatoms. The lowest BCUT2D eigenvalue weighted by Crippen LogP contribution is -2.14. The Labute approximate surface area is 172 Å². The van der Waals surface area contributed by atoms with Gasteiger partial charge in [-0.2, -0.15) is 18.2 Å². The molecule has 30 heavy (non-hydrogen) atoms. The van der Waals surface area contributed by atoms with E-state index in [4.69, 9.17) is 5.73 Å². The molecule has 0 saturated carbocycles. The Morgan fingerprint density at radius 3 is 2.50 bits per heavy atom. The average Bonchev–Trinajstić information content (AvgIpc) is 3.23. The molecule has 2 aromatic heterocycles. The number of hydrogen-bond donors (Lipinski definition) is 2. The highest BCUT2D eigenvalue weighted by Crippen LogP contribution is 2.35. The standard InChI is InChI=1S/C20H24F3N7/c1-10(2)18-27-28-19-26-17(15-8-29(4)9-16(15)30(18)19)25-11(3)12-5-13(20(21,22)23)7-14(24)6-12/h5-7,10-11H,8-9,24H2,1-4H3,(H,25,26,28)/t11-/m1/s1. The fraction of sp³-hybridized carbons (Fsp3) is 0.450. The Bertz CT molecular complexity index is 1100. The molecule has 1 atom stereocenters. The minimum atomic E-state index is -4.46. The quantitative estimate of drug-likeness (QED) is 0.623. The summed E-state index contributed by atoms with van der Waals surface area (Å²) in [5.41, 5.74) is 7.52. The van der Waals surface area contributed by atoms with Crippen LogP contribution in [0.25, 0.3) is 5.78 Å². The molecule has 0 aliphatic carbocycles. The highest BCUT2D eigenvalue weighted by atomic mass is 19.4. The van der Waals surface area contributed by atoms with Crippen LogP contribution in [-0.2, 0) is 19.3 Å². The Morgan fingerprint density at radius 1 is 1.10 bits per heavy atom. The van der Waals surface area contributed by atoms with Crippen LogP contribution in [0.3, 0.4) is 0 Å². The SMILES string of the molecule is CC(C)c1nnc2nc(N[C@H](C)c3cc(N)cc(C(F)(F)F)c3)c3c(n12)CN(C)C3. The van der Waals surface area contributed by atoms with Crippen LogP contribution in [0.2, 0.25) is 0 Å². The molecular weight excluding hydrogens is 395 g/mol. The topological polar surface area (TPSA) is 84.4 Å². The van der Waals surface area contributed by atoms with Gasteiger partial charge in [0.1, 0.15) is 11.6 Å². The third-order valence-corrected chi connectivity index (χ3v) is 5.31. The summed E-state index contributed by atoms with van der Waals surface area (Å²) >= 11 is 0. The third-order valence-electron chi connectivity index (χ3n) is 5.31. The van der Waals surface area contributed by atoms with E-state index >= 15 is 0 Å². The summed E-state index contributed by atoms with van der Waals surface area (Å²) in [6.07, 6.45) is -4.46. The zero-order chi connectivity index (χ0) is 21.8. The monoisotopic (exact) mass is 419 g/mol.